The van der Waals surface area contributed by atoms with Gasteiger partial charge in [-0.25, -0.2) is 0 Å². The molecule has 0 spiro atoms. The summed E-state index contributed by atoms with van der Waals surface area (Å²) in [6.45, 7) is 24.8. The van der Waals surface area contributed by atoms with E-state index in [0.717, 1.165) is 48.3 Å². The molecule has 0 aromatic carbocycles. The Morgan fingerprint density at radius 3 is 1.19 bits per heavy atom. The van der Waals surface area contributed by atoms with Crippen LogP contribution in [0.15, 0.2) is 0 Å². The van der Waals surface area contributed by atoms with Crippen LogP contribution in [-0.4, -0.2) is 90.3 Å². The Morgan fingerprint density at radius 1 is 0.439 bits per heavy atom. The van der Waals surface area contributed by atoms with Crippen molar-refractivity contribution in [3.63, 3.8) is 0 Å². The van der Waals surface area contributed by atoms with Gasteiger partial charge in [0.2, 0.25) is 0 Å². The first-order chi connectivity index (χ1) is 27.1. The van der Waals surface area contributed by atoms with Gasteiger partial charge in [-0.1, -0.05) is 185 Å². The molecule has 1 heterocycles. The van der Waals surface area contributed by atoms with E-state index < -0.39 is 37.3 Å². The number of ether oxygens (including phenoxy) is 4. The first kappa shape index (κ1) is 54.7. The van der Waals surface area contributed by atoms with Gasteiger partial charge in [-0.05, 0) is 60.2 Å². The molecule has 12 atom stereocenters. The van der Waals surface area contributed by atoms with E-state index in [1.165, 1.54) is 116 Å². The molecule has 0 saturated carbocycles. The van der Waals surface area contributed by atoms with Gasteiger partial charge >= 0.3 is 0 Å². The number of hydrogen-bond donors (Lipinski definition) is 4. The van der Waals surface area contributed by atoms with Crippen molar-refractivity contribution in [1.82, 2.24) is 0 Å². The molecule has 0 aromatic heterocycles. The van der Waals surface area contributed by atoms with E-state index in [1.807, 2.05) is 0 Å². The molecule has 8 heteroatoms. The molecule has 342 valence electrons. The van der Waals surface area contributed by atoms with E-state index in [4.69, 9.17) is 18.9 Å². The average molecular weight is 815 g/mol. The van der Waals surface area contributed by atoms with E-state index in [-0.39, 0.29) is 12.7 Å². The number of aliphatic hydroxyl groups excluding tert-OH is 4. The van der Waals surface area contributed by atoms with E-state index in [2.05, 4.69) is 69.2 Å². The fourth-order valence-electron chi connectivity index (χ4n) is 8.36. The topological polar surface area (TPSA) is 118 Å². The Balaban J connectivity index is 2.43. The molecular weight excluding hydrogens is 717 g/mol. The molecular formula is C49H98O8. The smallest absolute Gasteiger partial charge is 0.186 e. The van der Waals surface area contributed by atoms with E-state index in [9.17, 15) is 20.4 Å². The van der Waals surface area contributed by atoms with Gasteiger partial charge in [-0.3, -0.25) is 0 Å². The Labute approximate surface area is 353 Å². The van der Waals surface area contributed by atoms with Crippen LogP contribution in [0.25, 0.3) is 0 Å². The van der Waals surface area contributed by atoms with Crippen LogP contribution in [0.1, 0.15) is 198 Å². The van der Waals surface area contributed by atoms with Crippen molar-refractivity contribution >= 4 is 0 Å². The van der Waals surface area contributed by atoms with Crippen molar-refractivity contribution in [2.75, 3.05) is 33.0 Å². The molecule has 1 saturated heterocycles. The van der Waals surface area contributed by atoms with Gasteiger partial charge in [0.05, 0.1) is 19.8 Å². The van der Waals surface area contributed by atoms with Crippen LogP contribution in [0, 0.1) is 47.3 Å². The second-order valence-corrected chi connectivity index (χ2v) is 20.2. The zero-order valence-corrected chi connectivity index (χ0v) is 39.2. The van der Waals surface area contributed by atoms with Crippen LogP contribution in [0.3, 0.4) is 0 Å². The lowest BCUT2D eigenvalue weighted by molar-refractivity contribution is -0.306. The van der Waals surface area contributed by atoms with Gasteiger partial charge in [0, 0.05) is 13.2 Å². The molecule has 4 N–H and O–H groups in total. The minimum atomic E-state index is -1.47. The van der Waals surface area contributed by atoms with Gasteiger partial charge < -0.3 is 39.4 Å². The quantitative estimate of drug-likeness (QED) is 0.0458. The van der Waals surface area contributed by atoms with Crippen LogP contribution >= 0.6 is 0 Å². The zero-order valence-electron chi connectivity index (χ0n) is 39.2. The largest absolute Gasteiger partial charge is 0.394 e. The highest BCUT2D eigenvalue weighted by atomic mass is 16.7. The minimum Gasteiger partial charge on any atom is -0.394 e. The van der Waals surface area contributed by atoms with Crippen molar-refractivity contribution in [1.29, 1.82) is 0 Å². The fourth-order valence-corrected chi connectivity index (χ4v) is 8.36. The Bertz CT molecular complexity index is 901. The average Bonchev–Trinajstić information content (AvgIpc) is 3.14. The summed E-state index contributed by atoms with van der Waals surface area (Å²) in [6.07, 6.45) is 18.9. The molecule has 0 unspecified atom stereocenters. The Kier molecular flexibility index (Phi) is 32.0. The number of aliphatic hydroxyl groups is 4. The third-order valence-corrected chi connectivity index (χ3v) is 12.8. The van der Waals surface area contributed by atoms with Crippen molar-refractivity contribution in [2.24, 2.45) is 47.3 Å². The second-order valence-electron chi connectivity index (χ2n) is 20.2. The van der Waals surface area contributed by atoms with E-state index >= 15 is 0 Å². The first-order valence-corrected chi connectivity index (χ1v) is 24.2. The molecule has 0 aliphatic carbocycles. The summed E-state index contributed by atoms with van der Waals surface area (Å²) >= 11 is 0. The van der Waals surface area contributed by atoms with E-state index in [0.29, 0.717) is 31.7 Å². The van der Waals surface area contributed by atoms with Crippen LogP contribution in [0.4, 0.5) is 0 Å². The highest BCUT2D eigenvalue weighted by Gasteiger charge is 2.44. The first-order valence-electron chi connectivity index (χ1n) is 24.2. The molecule has 0 radical (unpaired) electrons. The summed E-state index contributed by atoms with van der Waals surface area (Å²) in [5, 5.41) is 40.5. The molecule has 0 bridgehead atoms. The Morgan fingerprint density at radius 2 is 0.807 bits per heavy atom. The van der Waals surface area contributed by atoms with Crippen LogP contribution in [0.2, 0.25) is 0 Å². The minimum absolute atomic E-state index is 0.106. The summed E-state index contributed by atoms with van der Waals surface area (Å²) in [4.78, 5) is 0. The maximum absolute atomic E-state index is 10.5. The molecule has 1 fully saturated rings. The summed E-state index contributed by atoms with van der Waals surface area (Å²) in [6, 6.07) is 0. The van der Waals surface area contributed by atoms with Gasteiger partial charge in [-0.2, -0.15) is 0 Å². The lowest BCUT2D eigenvalue weighted by Crippen LogP contribution is -2.59. The van der Waals surface area contributed by atoms with Crippen LogP contribution in [-0.2, 0) is 18.9 Å². The predicted molar refractivity (Wildman–Crippen MR) is 237 cm³/mol. The third kappa shape index (κ3) is 28.0. The van der Waals surface area contributed by atoms with Crippen molar-refractivity contribution in [3.8, 4) is 0 Å². The normalized spacial score (nSPS) is 24.1. The lowest BCUT2D eigenvalue weighted by atomic mass is 9.91. The highest BCUT2D eigenvalue weighted by Crippen LogP contribution is 2.26. The second kappa shape index (κ2) is 33.3. The number of rotatable bonds is 37. The molecule has 1 aliphatic rings. The predicted octanol–water partition coefficient (Wildman–Crippen LogP) is 11.1. The molecule has 0 amide bonds. The van der Waals surface area contributed by atoms with Gasteiger partial charge in [0.25, 0.3) is 0 Å². The molecule has 1 rings (SSSR count). The summed E-state index contributed by atoms with van der Waals surface area (Å²) in [5.74, 6) is 6.04. The fraction of sp³-hybridized carbons (Fsp3) is 1.00. The molecule has 8 nitrogen and oxygen atoms in total. The summed E-state index contributed by atoms with van der Waals surface area (Å²) in [7, 11) is 0. The zero-order chi connectivity index (χ0) is 42.6. The van der Waals surface area contributed by atoms with E-state index in [1.54, 1.807) is 0 Å². The van der Waals surface area contributed by atoms with Crippen molar-refractivity contribution in [2.45, 2.75) is 234 Å². The van der Waals surface area contributed by atoms with Crippen molar-refractivity contribution < 1.29 is 39.4 Å². The third-order valence-electron chi connectivity index (χ3n) is 12.8. The molecule has 1 aliphatic heterocycles. The number of hydrogen-bond acceptors (Lipinski definition) is 8. The standard InChI is InChI=1S/C49H98O8/c1-36(2)17-11-19-38(5)21-13-23-40(7)25-15-27-42(9)29-31-54-34-44(35-56-49-48(53)47(52)46(51)45(33-50)57-49)55-32-30-43(10)28-16-26-41(8)24-14-22-39(6)20-12-18-37(3)4/h36-53H,11-35H2,1-10H3/t38-,39-,40-,41-,42-,43-,44-,45-,46-,47+,48+,49+/m1/s1. The van der Waals surface area contributed by atoms with Crippen molar-refractivity contribution in [3.05, 3.63) is 0 Å². The maximum Gasteiger partial charge on any atom is 0.186 e. The summed E-state index contributed by atoms with van der Waals surface area (Å²) in [5.41, 5.74) is 0. The lowest BCUT2D eigenvalue weighted by Gasteiger charge is -2.40. The maximum atomic E-state index is 10.5. The van der Waals surface area contributed by atoms with Crippen LogP contribution in [0.5, 0.6) is 0 Å². The molecule has 0 aromatic rings. The monoisotopic (exact) mass is 815 g/mol. The van der Waals surface area contributed by atoms with Gasteiger partial charge in [0.1, 0.15) is 30.5 Å². The summed E-state index contributed by atoms with van der Waals surface area (Å²) < 4.78 is 23.9. The highest BCUT2D eigenvalue weighted by molar-refractivity contribution is 4.89. The SMILES string of the molecule is CC(C)CCC[C@@H](C)CCC[C@@H](C)CCC[C@@H](C)CCOC[C@H](CO[C@H]1O[C@H](CO)[C@@H](O)[C@H](O)[C@@H]1O)OCC[C@H](C)CCC[C@H](C)CCC[C@H](C)CCCC(C)C. The Hall–Kier alpha value is -0.320. The van der Waals surface area contributed by atoms with Crippen LogP contribution < -0.4 is 0 Å². The van der Waals surface area contributed by atoms with Gasteiger partial charge in [-0.15, -0.1) is 0 Å². The van der Waals surface area contributed by atoms with Gasteiger partial charge in [0.15, 0.2) is 6.29 Å². The molecule has 57 heavy (non-hydrogen) atoms.